The van der Waals surface area contributed by atoms with Crippen molar-refractivity contribution in [2.75, 3.05) is 6.61 Å². The highest BCUT2D eigenvalue weighted by atomic mass is 35.5. The second-order valence-corrected chi connectivity index (χ2v) is 2.74. The molecule has 13 heavy (non-hydrogen) atoms. The number of nitrogens with zero attached hydrogens (tertiary/aromatic N) is 1. The molecule has 0 aromatic heterocycles. The lowest BCUT2D eigenvalue weighted by molar-refractivity contribution is 0.350. The summed E-state index contributed by atoms with van der Waals surface area (Å²) in [6, 6.07) is 6.79. The number of rotatable bonds is 0. The van der Waals surface area contributed by atoms with Crippen molar-refractivity contribution in [3.63, 3.8) is 0 Å². The zero-order chi connectivity index (χ0) is 9.68. The topological polar surface area (TPSA) is 44.0 Å². The van der Waals surface area contributed by atoms with Gasteiger partial charge in [-0.2, -0.15) is 5.26 Å². The number of hydrogen-bond donors (Lipinski definition) is 1. The molecule has 3 heteroatoms. The summed E-state index contributed by atoms with van der Waals surface area (Å²) in [5.41, 5.74) is 1.10. The Bertz CT molecular complexity index is 409. The molecule has 0 aliphatic rings. The molecule has 0 aliphatic carbocycles. The zero-order valence-electron chi connectivity index (χ0n) is 6.71. The first-order chi connectivity index (χ1) is 6.26. The van der Waals surface area contributed by atoms with Crippen LogP contribution in [0.3, 0.4) is 0 Å². The molecular weight excluding hydrogens is 186 g/mol. The summed E-state index contributed by atoms with van der Waals surface area (Å²) in [5.74, 6) is 5.15. The van der Waals surface area contributed by atoms with E-state index < -0.39 is 0 Å². The Balaban J connectivity index is 3.10. The van der Waals surface area contributed by atoms with Gasteiger partial charge in [0.05, 0.1) is 11.6 Å². The Morgan fingerprint density at radius 1 is 1.31 bits per heavy atom. The second-order valence-electron chi connectivity index (χ2n) is 2.30. The third-order valence-corrected chi connectivity index (χ3v) is 1.56. The third kappa shape index (κ3) is 2.80. The molecule has 0 atom stereocenters. The summed E-state index contributed by atoms with van der Waals surface area (Å²) in [6.45, 7) is -0.200. The maximum absolute atomic E-state index is 8.61. The van der Waals surface area contributed by atoms with E-state index in [1.165, 1.54) is 0 Å². The molecule has 2 nitrogen and oxygen atoms in total. The molecular formula is C10H6ClNO. The van der Waals surface area contributed by atoms with Crippen LogP contribution in [0, 0.1) is 23.2 Å². The van der Waals surface area contributed by atoms with Crippen LogP contribution in [0.5, 0.6) is 0 Å². The Morgan fingerprint density at radius 3 is 2.62 bits per heavy atom. The van der Waals surface area contributed by atoms with E-state index in [1.54, 1.807) is 18.2 Å². The van der Waals surface area contributed by atoms with Crippen LogP contribution in [-0.4, -0.2) is 11.7 Å². The molecule has 0 bridgehead atoms. The lowest BCUT2D eigenvalue weighted by Crippen LogP contribution is -1.80. The van der Waals surface area contributed by atoms with Gasteiger partial charge in [0.25, 0.3) is 0 Å². The van der Waals surface area contributed by atoms with E-state index in [0.717, 1.165) is 0 Å². The highest BCUT2D eigenvalue weighted by Crippen LogP contribution is 2.13. The summed E-state index contributed by atoms with van der Waals surface area (Å²) in [5, 5.41) is 17.5. The lowest BCUT2D eigenvalue weighted by atomic mass is 10.1. The third-order valence-electron chi connectivity index (χ3n) is 1.34. The molecule has 0 aliphatic heterocycles. The summed E-state index contributed by atoms with van der Waals surface area (Å²) < 4.78 is 0. The molecule has 0 fully saturated rings. The molecule has 0 saturated carbocycles. The molecule has 0 unspecified atom stereocenters. The number of halogens is 1. The summed E-state index contributed by atoms with van der Waals surface area (Å²) in [7, 11) is 0. The fourth-order valence-corrected chi connectivity index (χ4v) is 1.10. The van der Waals surface area contributed by atoms with E-state index in [-0.39, 0.29) is 6.61 Å². The van der Waals surface area contributed by atoms with E-state index >= 15 is 0 Å². The second kappa shape index (κ2) is 4.52. The number of aliphatic hydroxyl groups excluding tert-OH is 1. The fourth-order valence-electron chi connectivity index (χ4n) is 0.868. The molecule has 0 amide bonds. The highest BCUT2D eigenvalue weighted by molar-refractivity contribution is 6.30. The lowest BCUT2D eigenvalue weighted by Gasteiger charge is -1.93. The first-order valence-electron chi connectivity index (χ1n) is 3.56. The van der Waals surface area contributed by atoms with E-state index in [2.05, 4.69) is 11.8 Å². The molecule has 0 saturated heterocycles. The zero-order valence-corrected chi connectivity index (χ0v) is 7.47. The molecule has 64 valence electrons. The van der Waals surface area contributed by atoms with Crippen molar-refractivity contribution in [2.45, 2.75) is 0 Å². The standard InChI is InChI=1S/C10H6ClNO/c11-10-5-8(2-1-3-13)4-9(6-10)7-12/h4-6,13H,3H2. The van der Waals surface area contributed by atoms with Crippen LogP contribution in [0.15, 0.2) is 18.2 Å². The van der Waals surface area contributed by atoms with Gasteiger partial charge in [0.1, 0.15) is 6.61 Å². The first-order valence-corrected chi connectivity index (χ1v) is 3.94. The van der Waals surface area contributed by atoms with Gasteiger partial charge in [-0.15, -0.1) is 0 Å². The van der Waals surface area contributed by atoms with Crippen LogP contribution in [0.2, 0.25) is 5.02 Å². The molecule has 0 heterocycles. The van der Waals surface area contributed by atoms with Crippen molar-refractivity contribution in [3.8, 4) is 17.9 Å². The minimum absolute atomic E-state index is 0.200. The monoisotopic (exact) mass is 191 g/mol. The quantitative estimate of drug-likeness (QED) is 0.633. The summed E-state index contributed by atoms with van der Waals surface area (Å²) in [4.78, 5) is 0. The molecule has 1 N–H and O–H groups in total. The van der Waals surface area contributed by atoms with Crippen molar-refractivity contribution < 1.29 is 5.11 Å². The van der Waals surface area contributed by atoms with Crippen molar-refractivity contribution in [3.05, 3.63) is 34.3 Å². The Hall–Kier alpha value is -1.48. The van der Waals surface area contributed by atoms with Crippen molar-refractivity contribution >= 4 is 11.6 Å². The van der Waals surface area contributed by atoms with Gasteiger partial charge < -0.3 is 5.11 Å². The van der Waals surface area contributed by atoms with Gasteiger partial charge in [-0.3, -0.25) is 0 Å². The number of nitriles is 1. The Morgan fingerprint density at radius 2 is 2.00 bits per heavy atom. The number of benzene rings is 1. The Labute approximate surface area is 81.4 Å². The average Bonchev–Trinajstić information content (AvgIpc) is 2.14. The molecule has 1 aromatic carbocycles. The Kier molecular flexibility index (Phi) is 3.34. The van der Waals surface area contributed by atoms with Gasteiger partial charge in [-0.25, -0.2) is 0 Å². The van der Waals surface area contributed by atoms with Crippen molar-refractivity contribution in [1.29, 1.82) is 5.26 Å². The highest BCUT2D eigenvalue weighted by Gasteiger charge is 1.95. The molecule has 1 rings (SSSR count). The average molecular weight is 192 g/mol. The normalized spacial score (nSPS) is 8.38. The van der Waals surface area contributed by atoms with Crippen molar-refractivity contribution in [1.82, 2.24) is 0 Å². The smallest absolute Gasteiger partial charge is 0.104 e. The van der Waals surface area contributed by atoms with Gasteiger partial charge in [0.15, 0.2) is 0 Å². The van der Waals surface area contributed by atoms with Crippen LogP contribution in [0.25, 0.3) is 0 Å². The molecule has 0 spiro atoms. The van der Waals surface area contributed by atoms with Crippen molar-refractivity contribution in [2.24, 2.45) is 0 Å². The van der Waals surface area contributed by atoms with E-state index in [1.807, 2.05) is 6.07 Å². The number of hydrogen-bond acceptors (Lipinski definition) is 2. The van der Waals surface area contributed by atoms with Crippen LogP contribution in [-0.2, 0) is 0 Å². The SMILES string of the molecule is N#Cc1cc(Cl)cc(C#CCO)c1. The van der Waals surface area contributed by atoms with E-state index in [0.29, 0.717) is 16.1 Å². The van der Waals surface area contributed by atoms with Gasteiger partial charge in [0.2, 0.25) is 0 Å². The van der Waals surface area contributed by atoms with Crippen LogP contribution in [0.4, 0.5) is 0 Å². The van der Waals surface area contributed by atoms with Gasteiger partial charge in [0, 0.05) is 10.6 Å². The minimum Gasteiger partial charge on any atom is -0.384 e. The maximum Gasteiger partial charge on any atom is 0.104 e. The maximum atomic E-state index is 8.61. The predicted octanol–water partition coefficient (Wildman–Crippen LogP) is 1.56. The van der Waals surface area contributed by atoms with E-state index in [9.17, 15) is 0 Å². The molecule has 1 aromatic rings. The summed E-state index contributed by atoms with van der Waals surface area (Å²) >= 11 is 5.73. The predicted molar refractivity (Wildman–Crippen MR) is 50.1 cm³/mol. The number of aliphatic hydroxyl groups is 1. The fraction of sp³-hybridized carbons (Fsp3) is 0.100. The first kappa shape index (κ1) is 9.61. The van der Waals surface area contributed by atoms with Gasteiger partial charge >= 0.3 is 0 Å². The van der Waals surface area contributed by atoms with E-state index in [4.69, 9.17) is 22.0 Å². The minimum atomic E-state index is -0.200. The van der Waals surface area contributed by atoms with Crippen LogP contribution in [0.1, 0.15) is 11.1 Å². The van der Waals surface area contributed by atoms with Gasteiger partial charge in [-0.05, 0) is 18.2 Å². The largest absolute Gasteiger partial charge is 0.384 e. The summed E-state index contributed by atoms with van der Waals surface area (Å²) in [6.07, 6.45) is 0. The van der Waals surface area contributed by atoms with Gasteiger partial charge in [-0.1, -0.05) is 23.4 Å². The van der Waals surface area contributed by atoms with Crippen LogP contribution < -0.4 is 0 Å². The van der Waals surface area contributed by atoms with Crippen LogP contribution >= 0.6 is 11.6 Å². The molecule has 0 radical (unpaired) electrons.